The van der Waals surface area contributed by atoms with E-state index in [1.807, 2.05) is 31.2 Å². The Morgan fingerprint density at radius 2 is 2.17 bits per heavy atom. The monoisotopic (exact) mass is 244 g/mol. The van der Waals surface area contributed by atoms with Crippen molar-refractivity contribution in [2.24, 2.45) is 0 Å². The fourth-order valence-electron chi connectivity index (χ4n) is 1.63. The molecule has 94 valence electrons. The summed E-state index contributed by atoms with van der Waals surface area (Å²) in [6, 6.07) is 7.81. The summed E-state index contributed by atoms with van der Waals surface area (Å²) in [5.74, 6) is 0.679. The lowest BCUT2D eigenvalue weighted by molar-refractivity contribution is -0.127. The lowest BCUT2D eigenvalue weighted by atomic mass is 10.2. The Morgan fingerprint density at radius 1 is 1.39 bits per heavy atom. The van der Waals surface area contributed by atoms with Gasteiger partial charge in [0.05, 0.1) is 12.7 Å². The van der Waals surface area contributed by atoms with Crippen LogP contribution in [0.15, 0.2) is 30.5 Å². The highest BCUT2D eigenvalue weighted by Crippen LogP contribution is 2.18. The standard InChI is InChI=1S/C13H16N4O/c1-3-17(2)12(18)9-14-13-11-7-5-4-6-10(11)8-15-16-13/h4-8H,3,9H2,1-2H3,(H,14,16). The second-order valence-corrected chi connectivity index (χ2v) is 4.04. The van der Waals surface area contributed by atoms with Crippen molar-refractivity contribution >= 4 is 22.5 Å². The number of amides is 1. The minimum Gasteiger partial charge on any atom is -0.359 e. The van der Waals surface area contributed by atoms with E-state index in [0.717, 1.165) is 10.8 Å². The topological polar surface area (TPSA) is 58.1 Å². The van der Waals surface area contributed by atoms with Crippen LogP contribution in [0.4, 0.5) is 5.82 Å². The number of nitrogens with zero attached hydrogens (tertiary/aromatic N) is 3. The first-order chi connectivity index (χ1) is 8.72. The van der Waals surface area contributed by atoms with Crippen LogP contribution < -0.4 is 5.32 Å². The minimum absolute atomic E-state index is 0.0345. The fraction of sp³-hybridized carbons (Fsp3) is 0.308. The van der Waals surface area contributed by atoms with Gasteiger partial charge in [0, 0.05) is 24.4 Å². The molecule has 0 bridgehead atoms. The van der Waals surface area contributed by atoms with E-state index in [2.05, 4.69) is 15.5 Å². The SMILES string of the molecule is CCN(C)C(=O)CNc1nncc2ccccc12. The summed E-state index contributed by atoms with van der Waals surface area (Å²) in [6.07, 6.45) is 1.71. The number of aromatic nitrogens is 2. The van der Waals surface area contributed by atoms with Crippen LogP contribution in [0.3, 0.4) is 0 Å². The van der Waals surface area contributed by atoms with Gasteiger partial charge in [0.25, 0.3) is 0 Å². The molecule has 0 saturated carbocycles. The molecule has 0 atom stereocenters. The maximum Gasteiger partial charge on any atom is 0.241 e. The average molecular weight is 244 g/mol. The molecule has 5 nitrogen and oxygen atoms in total. The highest BCUT2D eigenvalue weighted by Gasteiger charge is 2.08. The van der Waals surface area contributed by atoms with E-state index in [0.29, 0.717) is 12.4 Å². The molecule has 5 heteroatoms. The van der Waals surface area contributed by atoms with Crippen LogP contribution in [-0.4, -0.2) is 41.1 Å². The van der Waals surface area contributed by atoms with E-state index < -0.39 is 0 Å². The zero-order valence-corrected chi connectivity index (χ0v) is 10.6. The van der Waals surface area contributed by atoms with E-state index in [-0.39, 0.29) is 12.5 Å². The van der Waals surface area contributed by atoms with Crippen molar-refractivity contribution < 1.29 is 4.79 Å². The van der Waals surface area contributed by atoms with Crippen molar-refractivity contribution in [1.82, 2.24) is 15.1 Å². The maximum absolute atomic E-state index is 11.7. The van der Waals surface area contributed by atoms with Gasteiger partial charge in [0.2, 0.25) is 5.91 Å². The molecule has 0 aliphatic carbocycles. The van der Waals surface area contributed by atoms with E-state index in [1.54, 1.807) is 18.1 Å². The predicted octanol–water partition coefficient (Wildman–Crippen LogP) is 1.52. The van der Waals surface area contributed by atoms with E-state index in [4.69, 9.17) is 0 Å². The van der Waals surface area contributed by atoms with Crippen molar-refractivity contribution in [2.45, 2.75) is 6.92 Å². The molecule has 0 aliphatic rings. The second kappa shape index (κ2) is 5.44. The van der Waals surface area contributed by atoms with Crippen LogP contribution >= 0.6 is 0 Å². The summed E-state index contributed by atoms with van der Waals surface area (Å²) in [5, 5.41) is 13.0. The Hall–Kier alpha value is -2.17. The quantitative estimate of drug-likeness (QED) is 0.886. The molecule has 2 aromatic rings. The molecule has 0 aliphatic heterocycles. The van der Waals surface area contributed by atoms with Gasteiger partial charge in [-0.15, -0.1) is 5.10 Å². The van der Waals surface area contributed by atoms with Crippen LogP contribution in [0.2, 0.25) is 0 Å². The molecular weight excluding hydrogens is 228 g/mol. The molecule has 2 rings (SSSR count). The number of hydrogen-bond donors (Lipinski definition) is 1. The van der Waals surface area contributed by atoms with Crippen LogP contribution in [0.1, 0.15) is 6.92 Å². The van der Waals surface area contributed by atoms with Gasteiger partial charge in [-0.25, -0.2) is 0 Å². The first-order valence-electron chi connectivity index (χ1n) is 5.90. The third-order valence-corrected chi connectivity index (χ3v) is 2.88. The third-order valence-electron chi connectivity index (χ3n) is 2.88. The molecule has 0 saturated heterocycles. The van der Waals surface area contributed by atoms with Gasteiger partial charge in [-0.1, -0.05) is 24.3 Å². The summed E-state index contributed by atoms with van der Waals surface area (Å²) < 4.78 is 0. The average Bonchev–Trinajstić information content (AvgIpc) is 2.43. The number of hydrogen-bond acceptors (Lipinski definition) is 4. The predicted molar refractivity (Wildman–Crippen MR) is 71.3 cm³/mol. The van der Waals surface area contributed by atoms with Gasteiger partial charge in [0.1, 0.15) is 0 Å². The first-order valence-corrected chi connectivity index (χ1v) is 5.90. The van der Waals surface area contributed by atoms with Crippen molar-refractivity contribution in [3.63, 3.8) is 0 Å². The Morgan fingerprint density at radius 3 is 2.94 bits per heavy atom. The molecule has 0 fully saturated rings. The minimum atomic E-state index is 0.0345. The lowest BCUT2D eigenvalue weighted by Crippen LogP contribution is -2.32. The molecule has 1 amide bonds. The molecule has 0 radical (unpaired) electrons. The lowest BCUT2D eigenvalue weighted by Gasteiger charge is -2.15. The van der Waals surface area contributed by atoms with Crippen LogP contribution in [0, 0.1) is 0 Å². The zero-order valence-electron chi connectivity index (χ0n) is 10.6. The van der Waals surface area contributed by atoms with Crippen molar-refractivity contribution in [2.75, 3.05) is 25.5 Å². The molecule has 18 heavy (non-hydrogen) atoms. The number of likely N-dealkylation sites (N-methyl/N-ethyl adjacent to an activating group) is 1. The summed E-state index contributed by atoms with van der Waals surface area (Å²) in [5.41, 5.74) is 0. The van der Waals surface area contributed by atoms with Crippen molar-refractivity contribution in [3.05, 3.63) is 30.5 Å². The van der Waals surface area contributed by atoms with Crippen molar-refractivity contribution in [3.8, 4) is 0 Å². The van der Waals surface area contributed by atoms with E-state index in [1.165, 1.54) is 0 Å². The molecule has 1 heterocycles. The number of anilines is 1. The smallest absolute Gasteiger partial charge is 0.241 e. The first kappa shape index (κ1) is 12.3. The van der Waals surface area contributed by atoms with E-state index in [9.17, 15) is 4.79 Å². The molecule has 1 aromatic carbocycles. The fourth-order valence-corrected chi connectivity index (χ4v) is 1.63. The van der Waals surface area contributed by atoms with Crippen LogP contribution in [0.25, 0.3) is 10.8 Å². The number of carbonyl (C=O) groups excluding carboxylic acids is 1. The van der Waals surface area contributed by atoms with Gasteiger partial charge in [-0.3, -0.25) is 4.79 Å². The Labute approximate surface area is 106 Å². The van der Waals surface area contributed by atoms with E-state index >= 15 is 0 Å². The molecular formula is C13H16N4O. The summed E-state index contributed by atoms with van der Waals surface area (Å²) >= 11 is 0. The number of nitrogens with one attached hydrogen (secondary N) is 1. The number of benzene rings is 1. The van der Waals surface area contributed by atoms with Gasteiger partial charge in [0.15, 0.2) is 5.82 Å². The molecule has 1 aromatic heterocycles. The molecule has 0 spiro atoms. The normalized spacial score (nSPS) is 10.3. The van der Waals surface area contributed by atoms with Gasteiger partial charge in [-0.2, -0.15) is 5.10 Å². The second-order valence-electron chi connectivity index (χ2n) is 4.04. The summed E-state index contributed by atoms with van der Waals surface area (Å²) in [4.78, 5) is 13.4. The van der Waals surface area contributed by atoms with Gasteiger partial charge >= 0.3 is 0 Å². The third kappa shape index (κ3) is 2.56. The maximum atomic E-state index is 11.7. The van der Waals surface area contributed by atoms with Crippen molar-refractivity contribution in [1.29, 1.82) is 0 Å². The highest BCUT2D eigenvalue weighted by molar-refractivity contribution is 5.92. The zero-order chi connectivity index (χ0) is 13.0. The Bertz CT molecular complexity index is 550. The molecule has 1 N–H and O–H groups in total. The van der Waals surface area contributed by atoms with Gasteiger partial charge < -0.3 is 10.2 Å². The van der Waals surface area contributed by atoms with Gasteiger partial charge in [-0.05, 0) is 6.92 Å². The Kier molecular flexibility index (Phi) is 3.72. The molecule has 0 unspecified atom stereocenters. The number of carbonyl (C=O) groups is 1. The van der Waals surface area contributed by atoms with Crippen LogP contribution in [-0.2, 0) is 4.79 Å². The number of fused-ring (bicyclic) bond motifs is 1. The Balaban J connectivity index is 2.15. The summed E-state index contributed by atoms with van der Waals surface area (Å²) in [6.45, 7) is 2.87. The summed E-state index contributed by atoms with van der Waals surface area (Å²) in [7, 11) is 1.78. The highest BCUT2D eigenvalue weighted by atomic mass is 16.2. The largest absolute Gasteiger partial charge is 0.359 e. The van der Waals surface area contributed by atoms with Crippen LogP contribution in [0.5, 0.6) is 0 Å². The number of rotatable bonds is 4.